The molecule has 24 heavy (non-hydrogen) atoms. The van der Waals surface area contributed by atoms with Crippen LogP contribution in [0, 0.1) is 6.92 Å². The molecule has 3 rings (SSSR count). The van der Waals surface area contributed by atoms with Crippen molar-refractivity contribution in [2.24, 2.45) is 0 Å². The van der Waals surface area contributed by atoms with Crippen molar-refractivity contribution >= 4 is 23.3 Å². The third-order valence-corrected chi connectivity index (χ3v) is 4.06. The maximum absolute atomic E-state index is 12.5. The number of H-pyrrole nitrogens is 1. The summed E-state index contributed by atoms with van der Waals surface area (Å²) >= 11 is 6.18. The van der Waals surface area contributed by atoms with Crippen LogP contribution in [0.4, 0.5) is 5.82 Å². The second-order valence-electron chi connectivity index (χ2n) is 5.86. The number of carbonyl (C=O) groups is 1. The van der Waals surface area contributed by atoms with E-state index in [0.29, 0.717) is 41.1 Å². The van der Waals surface area contributed by atoms with Crippen LogP contribution in [0.5, 0.6) is 0 Å². The van der Waals surface area contributed by atoms with Crippen LogP contribution in [0.1, 0.15) is 34.5 Å². The number of pyridine rings is 1. The number of hydrogen-bond donors (Lipinski definition) is 2. The molecule has 2 atom stereocenters. The van der Waals surface area contributed by atoms with Gasteiger partial charge in [0.15, 0.2) is 5.82 Å². The highest BCUT2D eigenvalue weighted by molar-refractivity contribution is 6.33. The molecular weight excluding hydrogens is 332 g/mol. The number of aromatic nitrogens is 4. The largest absolute Gasteiger partial charge is 0.368 e. The molecule has 9 heteroatoms. The first-order valence-corrected chi connectivity index (χ1v) is 7.97. The van der Waals surface area contributed by atoms with E-state index in [1.54, 1.807) is 11.0 Å². The van der Waals surface area contributed by atoms with Gasteiger partial charge in [0.25, 0.3) is 5.91 Å². The van der Waals surface area contributed by atoms with Crippen molar-refractivity contribution in [1.29, 1.82) is 0 Å². The molecule has 128 valence electrons. The molecule has 0 unspecified atom stereocenters. The minimum atomic E-state index is -0.358. The Morgan fingerprint density at radius 3 is 2.92 bits per heavy atom. The summed E-state index contributed by atoms with van der Waals surface area (Å²) in [5, 5.41) is 10.3. The second kappa shape index (κ2) is 6.74. The van der Waals surface area contributed by atoms with Crippen molar-refractivity contribution in [1.82, 2.24) is 25.5 Å². The number of nitrogens with zero attached hydrogens (tertiary/aromatic N) is 4. The van der Waals surface area contributed by atoms with Gasteiger partial charge in [0, 0.05) is 26.9 Å². The lowest BCUT2D eigenvalue weighted by atomic mass is 10.1. The number of aromatic amines is 1. The van der Waals surface area contributed by atoms with E-state index in [0.717, 1.165) is 0 Å². The van der Waals surface area contributed by atoms with Crippen molar-refractivity contribution in [2.45, 2.75) is 25.5 Å². The van der Waals surface area contributed by atoms with E-state index < -0.39 is 0 Å². The van der Waals surface area contributed by atoms with Gasteiger partial charge < -0.3 is 15.0 Å². The molecule has 0 bridgehead atoms. The van der Waals surface area contributed by atoms with E-state index in [1.165, 1.54) is 6.20 Å². The standard InChI is InChI=1S/C15H19ClN6O2/c1-8-18-13(21-20-8)12-11(4-5-24-12)19-15(23)9-6-10(16)14(17-7-9)22(2)3/h6-7,11-12H,4-5H2,1-3H3,(H,19,23)(H,18,20,21)/t11-,12+/m0/s1. The number of hydrogen-bond acceptors (Lipinski definition) is 6. The van der Waals surface area contributed by atoms with Crippen LogP contribution in [-0.4, -0.2) is 52.8 Å². The third kappa shape index (κ3) is 3.34. The van der Waals surface area contributed by atoms with Crippen LogP contribution in [0.2, 0.25) is 5.02 Å². The number of carbonyl (C=O) groups excluding carboxylic acids is 1. The molecule has 0 aromatic carbocycles. The molecule has 1 aliphatic heterocycles. The van der Waals surface area contributed by atoms with Crippen molar-refractivity contribution in [3.8, 4) is 0 Å². The van der Waals surface area contributed by atoms with Gasteiger partial charge >= 0.3 is 0 Å². The lowest BCUT2D eigenvalue weighted by Gasteiger charge is -2.18. The number of amides is 1. The maximum Gasteiger partial charge on any atom is 0.253 e. The summed E-state index contributed by atoms with van der Waals surface area (Å²) in [6, 6.07) is 1.42. The molecule has 1 aliphatic rings. The number of halogens is 1. The van der Waals surface area contributed by atoms with Crippen molar-refractivity contribution < 1.29 is 9.53 Å². The highest BCUT2D eigenvalue weighted by Gasteiger charge is 2.34. The van der Waals surface area contributed by atoms with Gasteiger partial charge in [-0.15, -0.1) is 0 Å². The van der Waals surface area contributed by atoms with E-state index >= 15 is 0 Å². The molecular formula is C15H19ClN6O2. The Balaban J connectivity index is 1.73. The number of rotatable bonds is 4. The minimum Gasteiger partial charge on any atom is -0.368 e. The summed E-state index contributed by atoms with van der Waals surface area (Å²) in [4.78, 5) is 22.8. The van der Waals surface area contributed by atoms with Crippen LogP contribution < -0.4 is 10.2 Å². The summed E-state index contributed by atoms with van der Waals surface area (Å²) in [5.41, 5.74) is 0.405. The zero-order chi connectivity index (χ0) is 17.3. The van der Waals surface area contributed by atoms with Gasteiger partial charge in [-0.25, -0.2) is 9.97 Å². The zero-order valence-electron chi connectivity index (χ0n) is 13.7. The first-order chi connectivity index (χ1) is 11.5. The lowest BCUT2D eigenvalue weighted by Crippen LogP contribution is -2.37. The second-order valence-corrected chi connectivity index (χ2v) is 6.27. The molecule has 0 aliphatic carbocycles. The van der Waals surface area contributed by atoms with Crippen LogP contribution in [-0.2, 0) is 4.74 Å². The van der Waals surface area contributed by atoms with Gasteiger partial charge in [-0.05, 0) is 19.4 Å². The molecule has 1 amide bonds. The molecule has 0 radical (unpaired) electrons. The minimum absolute atomic E-state index is 0.194. The summed E-state index contributed by atoms with van der Waals surface area (Å²) in [5.74, 6) is 1.63. The Kier molecular flexibility index (Phi) is 4.68. The fourth-order valence-electron chi connectivity index (χ4n) is 2.61. The van der Waals surface area contributed by atoms with Gasteiger partial charge in [-0.1, -0.05) is 11.6 Å². The Labute approximate surface area is 144 Å². The molecule has 0 saturated carbocycles. The van der Waals surface area contributed by atoms with Gasteiger partial charge in [0.1, 0.15) is 17.7 Å². The molecule has 0 spiro atoms. The van der Waals surface area contributed by atoms with Crippen LogP contribution in [0.3, 0.4) is 0 Å². The first kappa shape index (κ1) is 16.7. The number of aryl methyl sites for hydroxylation is 1. The molecule has 1 fully saturated rings. The summed E-state index contributed by atoms with van der Waals surface area (Å²) in [6.45, 7) is 2.36. The van der Waals surface area contributed by atoms with E-state index in [-0.39, 0.29) is 18.1 Å². The van der Waals surface area contributed by atoms with Crippen LogP contribution in [0.15, 0.2) is 12.3 Å². The first-order valence-electron chi connectivity index (χ1n) is 7.60. The Morgan fingerprint density at radius 1 is 1.50 bits per heavy atom. The highest BCUT2D eigenvalue weighted by Crippen LogP contribution is 2.27. The quantitative estimate of drug-likeness (QED) is 0.867. The molecule has 1 saturated heterocycles. The van der Waals surface area contributed by atoms with Gasteiger partial charge in [0.2, 0.25) is 0 Å². The van der Waals surface area contributed by atoms with Crippen molar-refractivity contribution in [3.05, 3.63) is 34.5 Å². The normalized spacial score (nSPS) is 20.2. The lowest BCUT2D eigenvalue weighted by molar-refractivity contribution is 0.0791. The number of nitrogens with one attached hydrogen (secondary N) is 2. The summed E-state index contributed by atoms with van der Waals surface area (Å²) in [7, 11) is 3.68. The Hall–Kier alpha value is -2.19. The smallest absolute Gasteiger partial charge is 0.253 e. The van der Waals surface area contributed by atoms with Crippen LogP contribution in [0.25, 0.3) is 0 Å². The predicted molar refractivity (Wildman–Crippen MR) is 89.3 cm³/mol. The Morgan fingerprint density at radius 2 is 2.29 bits per heavy atom. The molecule has 2 aromatic heterocycles. The number of anilines is 1. The average molecular weight is 351 g/mol. The molecule has 8 nitrogen and oxygen atoms in total. The molecule has 3 heterocycles. The fraction of sp³-hybridized carbons (Fsp3) is 0.467. The van der Waals surface area contributed by atoms with E-state index in [2.05, 4.69) is 25.5 Å². The molecule has 2 aromatic rings. The van der Waals surface area contributed by atoms with Gasteiger partial charge in [0.05, 0.1) is 16.6 Å². The summed E-state index contributed by atoms with van der Waals surface area (Å²) in [6.07, 6.45) is 1.85. The zero-order valence-corrected chi connectivity index (χ0v) is 14.5. The fourth-order valence-corrected chi connectivity index (χ4v) is 2.95. The average Bonchev–Trinajstić information content (AvgIpc) is 3.15. The van der Waals surface area contributed by atoms with Crippen molar-refractivity contribution in [2.75, 3.05) is 25.6 Å². The predicted octanol–water partition coefficient (Wildman–Crippen LogP) is 1.49. The molecule has 2 N–H and O–H groups in total. The van der Waals surface area contributed by atoms with E-state index in [9.17, 15) is 4.79 Å². The summed E-state index contributed by atoms with van der Waals surface area (Å²) < 4.78 is 5.67. The monoisotopic (exact) mass is 350 g/mol. The Bertz CT molecular complexity index is 747. The van der Waals surface area contributed by atoms with E-state index in [4.69, 9.17) is 16.3 Å². The maximum atomic E-state index is 12.5. The highest BCUT2D eigenvalue weighted by atomic mass is 35.5. The van der Waals surface area contributed by atoms with Crippen LogP contribution >= 0.6 is 11.6 Å². The SMILES string of the molecule is Cc1nc([C@@H]2OCC[C@@H]2NC(=O)c2cnc(N(C)C)c(Cl)c2)n[nH]1. The van der Waals surface area contributed by atoms with Crippen molar-refractivity contribution in [3.63, 3.8) is 0 Å². The number of ether oxygens (including phenoxy) is 1. The third-order valence-electron chi connectivity index (χ3n) is 3.78. The topological polar surface area (TPSA) is 96.0 Å². The van der Waals surface area contributed by atoms with Gasteiger partial charge in [-0.2, -0.15) is 5.10 Å². The van der Waals surface area contributed by atoms with E-state index in [1.807, 2.05) is 21.0 Å². The van der Waals surface area contributed by atoms with Gasteiger partial charge in [-0.3, -0.25) is 9.89 Å².